The van der Waals surface area contributed by atoms with Crippen molar-refractivity contribution in [1.29, 1.82) is 0 Å². The van der Waals surface area contributed by atoms with Gasteiger partial charge in [0.05, 0.1) is 6.61 Å². The Labute approximate surface area is 149 Å². The van der Waals surface area contributed by atoms with Crippen molar-refractivity contribution < 1.29 is 4.74 Å². The summed E-state index contributed by atoms with van der Waals surface area (Å²) in [5.41, 5.74) is 2.09. The van der Waals surface area contributed by atoms with Gasteiger partial charge in [0.1, 0.15) is 5.82 Å². The van der Waals surface area contributed by atoms with Crippen LogP contribution >= 0.6 is 0 Å². The summed E-state index contributed by atoms with van der Waals surface area (Å²) >= 11 is 0. The molecule has 0 bridgehead atoms. The Morgan fingerprint density at radius 2 is 1.84 bits per heavy atom. The first kappa shape index (κ1) is 17.8. The Morgan fingerprint density at radius 3 is 2.48 bits per heavy atom. The van der Waals surface area contributed by atoms with Crippen molar-refractivity contribution in [3.63, 3.8) is 0 Å². The Bertz CT molecular complexity index is 671. The molecule has 134 valence electrons. The van der Waals surface area contributed by atoms with Gasteiger partial charge in [0.15, 0.2) is 5.82 Å². The molecule has 1 saturated heterocycles. The molecule has 1 aliphatic heterocycles. The Balaban J connectivity index is 1.77. The highest BCUT2D eigenvalue weighted by Gasteiger charge is 2.22. The van der Waals surface area contributed by atoms with Crippen LogP contribution in [-0.2, 0) is 11.2 Å². The van der Waals surface area contributed by atoms with E-state index in [1.54, 1.807) is 19.5 Å². The van der Waals surface area contributed by atoms with E-state index >= 15 is 0 Å². The fourth-order valence-corrected chi connectivity index (χ4v) is 3.19. The summed E-state index contributed by atoms with van der Waals surface area (Å²) in [5.74, 6) is 1.81. The molecule has 0 radical (unpaired) electrons. The van der Waals surface area contributed by atoms with Crippen LogP contribution < -0.4 is 4.90 Å². The number of nitrogens with zero attached hydrogens (tertiary/aromatic N) is 5. The fourth-order valence-electron chi connectivity index (χ4n) is 3.19. The van der Waals surface area contributed by atoms with Gasteiger partial charge in [-0.25, -0.2) is 9.97 Å². The van der Waals surface area contributed by atoms with Gasteiger partial charge in [-0.15, -0.1) is 0 Å². The molecule has 3 heterocycles. The van der Waals surface area contributed by atoms with Crippen molar-refractivity contribution in [2.75, 3.05) is 44.8 Å². The van der Waals surface area contributed by atoms with E-state index in [2.05, 4.69) is 34.7 Å². The highest BCUT2D eigenvalue weighted by molar-refractivity contribution is 5.57. The zero-order chi connectivity index (χ0) is 17.6. The van der Waals surface area contributed by atoms with Gasteiger partial charge in [-0.1, -0.05) is 6.92 Å². The number of anilines is 1. The second-order valence-corrected chi connectivity index (χ2v) is 6.46. The Kier molecular flexibility index (Phi) is 5.94. The van der Waals surface area contributed by atoms with Crippen LogP contribution in [0.2, 0.25) is 0 Å². The summed E-state index contributed by atoms with van der Waals surface area (Å²) in [6, 6.07) is 6.50. The molecule has 0 aliphatic carbocycles. The number of piperazine rings is 1. The molecule has 25 heavy (non-hydrogen) atoms. The molecule has 1 aliphatic rings. The molecule has 0 saturated carbocycles. The molecule has 1 fully saturated rings. The van der Waals surface area contributed by atoms with E-state index in [9.17, 15) is 0 Å². The van der Waals surface area contributed by atoms with Crippen LogP contribution in [0.15, 0.2) is 30.6 Å². The lowest BCUT2D eigenvalue weighted by atomic mass is 10.2. The molecule has 2 aromatic rings. The molecule has 0 amide bonds. The molecule has 3 rings (SSSR count). The SMILES string of the molecule is CCc1cc(N2CCN([C@@H](C)COC)CC2)nc(-c2ccncc2)n1. The minimum Gasteiger partial charge on any atom is -0.383 e. The van der Waals surface area contributed by atoms with Gasteiger partial charge in [0, 0.05) is 69.0 Å². The first-order valence-electron chi connectivity index (χ1n) is 8.97. The van der Waals surface area contributed by atoms with Gasteiger partial charge in [-0.2, -0.15) is 0 Å². The van der Waals surface area contributed by atoms with Gasteiger partial charge in [0.25, 0.3) is 0 Å². The van der Waals surface area contributed by atoms with E-state index in [1.165, 1.54) is 0 Å². The smallest absolute Gasteiger partial charge is 0.161 e. The number of pyridine rings is 1. The van der Waals surface area contributed by atoms with Crippen molar-refractivity contribution in [2.45, 2.75) is 26.3 Å². The lowest BCUT2D eigenvalue weighted by Gasteiger charge is -2.38. The standard InChI is InChI=1S/C19H27N5O/c1-4-17-13-18(22-19(21-17)16-5-7-20-8-6-16)24-11-9-23(10-12-24)15(2)14-25-3/h5-8,13,15H,4,9-12,14H2,1-3H3/t15-/m0/s1. The third-order valence-electron chi connectivity index (χ3n) is 4.74. The number of rotatable bonds is 6. The lowest BCUT2D eigenvalue weighted by Crippen LogP contribution is -2.51. The molecule has 0 N–H and O–H groups in total. The third kappa shape index (κ3) is 4.32. The van der Waals surface area contributed by atoms with Crippen LogP contribution in [0.3, 0.4) is 0 Å². The maximum atomic E-state index is 5.28. The number of hydrogen-bond acceptors (Lipinski definition) is 6. The first-order valence-corrected chi connectivity index (χ1v) is 8.97. The maximum Gasteiger partial charge on any atom is 0.161 e. The lowest BCUT2D eigenvalue weighted by molar-refractivity contribution is 0.0952. The predicted molar refractivity (Wildman–Crippen MR) is 99.8 cm³/mol. The topological polar surface area (TPSA) is 54.4 Å². The number of aryl methyl sites for hydroxylation is 1. The summed E-state index contributed by atoms with van der Waals surface area (Å²) in [6.07, 6.45) is 4.47. The van der Waals surface area contributed by atoms with Crippen LogP contribution in [0.4, 0.5) is 5.82 Å². The normalized spacial score (nSPS) is 16.8. The molecule has 1 atom stereocenters. The summed E-state index contributed by atoms with van der Waals surface area (Å²) in [5, 5.41) is 0. The minimum absolute atomic E-state index is 0.455. The van der Waals surface area contributed by atoms with Gasteiger partial charge < -0.3 is 9.64 Å². The van der Waals surface area contributed by atoms with Crippen LogP contribution in [0.5, 0.6) is 0 Å². The number of ether oxygens (including phenoxy) is 1. The molecule has 0 unspecified atom stereocenters. The van der Waals surface area contributed by atoms with E-state index in [1.807, 2.05) is 12.1 Å². The Morgan fingerprint density at radius 1 is 1.12 bits per heavy atom. The van der Waals surface area contributed by atoms with Crippen molar-refractivity contribution in [2.24, 2.45) is 0 Å². The quantitative estimate of drug-likeness (QED) is 0.803. The van der Waals surface area contributed by atoms with E-state index in [4.69, 9.17) is 14.7 Å². The molecular weight excluding hydrogens is 314 g/mol. The van der Waals surface area contributed by atoms with Crippen LogP contribution in [0.25, 0.3) is 11.4 Å². The minimum atomic E-state index is 0.455. The highest BCUT2D eigenvalue weighted by Crippen LogP contribution is 2.21. The molecule has 2 aromatic heterocycles. The van der Waals surface area contributed by atoms with Crippen molar-refractivity contribution in [1.82, 2.24) is 19.9 Å². The van der Waals surface area contributed by atoms with Gasteiger partial charge in [0.2, 0.25) is 0 Å². The van der Waals surface area contributed by atoms with Gasteiger partial charge in [-0.05, 0) is 25.5 Å². The zero-order valence-electron chi connectivity index (χ0n) is 15.4. The largest absolute Gasteiger partial charge is 0.383 e. The average Bonchev–Trinajstić information content (AvgIpc) is 2.68. The van der Waals surface area contributed by atoms with E-state index in [0.29, 0.717) is 6.04 Å². The summed E-state index contributed by atoms with van der Waals surface area (Å²) < 4.78 is 5.28. The van der Waals surface area contributed by atoms with Crippen molar-refractivity contribution in [3.8, 4) is 11.4 Å². The number of aromatic nitrogens is 3. The van der Waals surface area contributed by atoms with E-state index in [-0.39, 0.29) is 0 Å². The Hall–Kier alpha value is -2.05. The molecule has 6 heteroatoms. The highest BCUT2D eigenvalue weighted by atomic mass is 16.5. The van der Waals surface area contributed by atoms with Crippen LogP contribution in [0, 0.1) is 0 Å². The monoisotopic (exact) mass is 341 g/mol. The molecule has 0 aromatic carbocycles. The summed E-state index contributed by atoms with van der Waals surface area (Å²) in [7, 11) is 1.76. The van der Waals surface area contributed by atoms with Crippen LogP contribution in [0.1, 0.15) is 19.5 Å². The van der Waals surface area contributed by atoms with Crippen LogP contribution in [-0.4, -0.2) is 65.8 Å². The summed E-state index contributed by atoms with van der Waals surface area (Å²) in [6.45, 7) is 9.14. The van der Waals surface area contributed by atoms with E-state index in [0.717, 1.165) is 62.1 Å². The molecular formula is C19H27N5O. The number of hydrogen-bond donors (Lipinski definition) is 0. The average molecular weight is 341 g/mol. The first-order chi connectivity index (χ1) is 12.2. The summed E-state index contributed by atoms with van der Waals surface area (Å²) in [4.78, 5) is 18.4. The number of methoxy groups -OCH3 is 1. The predicted octanol–water partition coefficient (Wildman–Crippen LogP) is 2.26. The molecule has 6 nitrogen and oxygen atoms in total. The van der Waals surface area contributed by atoms with Crippen molar-refractivity contribution in [3.05, 3.63) is 36.3 Å². The second-order valence-electron chi connectivity index (χ2n) is 6.46. The van der Waals surface area contributed by atoms with E-state index < -0.39 is 0 Å². The van der Waals surface area contributed by atoms with Crippen molar-refractivity contribution >= 4 is 5.82 Å². The fraction of sp³-hybridized carbons (Fsp3) is 0.526. The van der Waals surface area contributed by atoms with Gasteiger partial charge in [-0.3, -0.25) is 9.88 Å². The third-order valence-corrected chi connectivity index (χ3v) is 4.74. The molecule has 0 spiro atoms. The zero-order valence-corrected chi connectivity index (χ0v) is 15.4. The second kappa shape index (κ2) is 8.36. The van der Waals surface area contributed by atoms with Gasteiger partial charge >= 0.3 is 0 Å². The maximum absolute atomic E-state index is 5.28.